The zero-order chi connectivity index (χ0) is 12.9. The minimum atomic E-state index is -3.65. The van der Waals surface area contributed by atoms with Crippen LogP contribution in [0.3, 0.4) is 0 Å². The Labute approximate surface area is 101 Å². The highest BCUT2D eigenvalue weighted by molar-refractivity contribution is 7.55. The molecule has 5 nitrogen and oxygen atoms in total. The summed E-state index contributed by atoms with van der Waals surface area (Å²) in [7, 11) is -3.65. The Bertz CT molecular complexity index is 269. The lowest BCUT2D eigenvalue weighted by Crippen LogP contribution is -2.34. The molecule has 0 aromatic rings. The molecule has 0 aliphatic rings. The summed E-state index contributed by atoms with van der Waals surface area (Å²) in [5.41, 5.74) is 5.56. The van der Waals surface area contributed by atoms with Gasteiger partial charge in [-0.15, -0.1) is 11.6 Å². The monoisotopic (exact) mass is 271 g/mol. The average Bonchev–Trinajstić information content (AvgIpc) is 2.12. The summed E-state index contributed by atoms with van der Waals surface area (Å²) in [6.07, 6.45) is -0.697. The Kier molecular flexibility index (Phi) is 6.75. The van der Waals surface area contributed by atoms with Crippen LogP contribution in [0, 0.1) is 0 Å². The van der Waals surface area contributed by atoms with E-state index in [9.17, 15) is 9.36 Å². The van der Waals surface area contributed by atoms with Gasteiger partial charge in [0, 0.05) is 0 Å². The SMILES string of the molecule is CC(C)OP(=O)(OC(C)C)C(N)C(=O)CCl. The minimum Gasteiger partial charge on any atom is -0.311 e. The number of Topliss-reactive ketones (excluding diaryl/α,β-unsaturated/α-hetero) is 1. The first-order valence-corrected chi connectivity index (χ1v) is 7.18. The van der Waals surface area contributed by atoms with E-state index >= 15 is 0 Å². The van der Waals surface area contributed by atoms with E-state index in [1.807, 2.05) is 0 Å². The third kappa shape index (κ3) is 4.93. The Morgan fingerprint density at radius 2 is 1.62 bits per heavy atom. The van der Waals surface area contributed by atoms with E-state index in [1.165, 1.54) is 0 Å². The fourth-order valence-electron chi connectivity index (χ4n) is 0.999. The second-order valence-corrected chi connectivity index (χ2v) is 6.22. The van der Waals surface area contributed by atoms with E-state index in [0.29, 0.717) is 0 Å². The van der Waals surface area contributed by atoms with Gasteiger partial charge in [0.05, 0.1) is 18.1 Å². The zero-order valence-corrected chi connectivity index (χ0v) is 11.6. The molecule has 0 heterocycles. The van der Waals surface area contributed by atoms with Gasteiger partial charge in [-0.05, 0) is 27.7 Å². The lowest BCUT2D eigenvalue weighted by atomic mass is 10.5. The van der Waals surface area contributed by atoms with Crippen LogP contribution >= 0.6 is 19.2 Å². The van der Waals surface area contributed by atoms with Crippen molar-refractivity contribution in [1.82, 2.24) is 0 Å². The van der Waals surface area contributed by atoms with Crippen molar-refractivity contribution in [2.45, 2.75) is 45.7 Å². The molecule has 1 unspecified atom stereocenters. The van der Waals surface area contributed by atoms with E-state index in [0.717, 1.165) is 0 Å². The van der Waals surface area contributed by atoms with Crippen molar-refractivity contribution in [3.8, 4) is 0 Å². The molecule has 0 aromatic carbocycles. The molecule has 0 bridgehead atoms. The molecule has 0 rings (SSSR count). The predicted octanol–water partition coefficient (Wildman–Crippen LogP) is 2.12. The molecular weight excluding hydrogens is 253 g/mol. The molecule has 96 valence electrons. The molecule has 0 aliphatic heterocycles. The maximum Gasteiger partial charge on any atom is 0.355 e. The predicted molar refractivity (Wildman–Crippen MR) is 63.8 cm³/mol. The van der Waals surface area contributed by atoms with Crippen LogP contribution in [0.2, 0.25) is 0 Å². The van der Waals surface area contributed by atoms with Crippen molar-refractivity contribution in [2.24, 2.45) is 5.73 Å². The maximum atomic E-state index is 12.3. The smallest absolute Gasteiger partial charge is 0.311 e. The Morgan fingerprint density at radius 3 is 1.88 bits per heavy atom. The molecule has 16 heavy (non-hydrogen) atoms. The van der Waals surface area contributed by atoms with Crippen LogP contribution in [0.4, 0.5) is 0 Å². The van der Waals surface area contributed by atoms with Crippen molar-refractivity contribution in [1.29, 1.82) is 0 Å². The van der Waals surface area contributed by atoms with Gasteiger partial charge in [-0.2, -0.15) is 0 Å². The van der Waals surface area contributed by atoms with Crippen molar-refractivity contribution < 1.29 is 18.4 Å². The van der Waals surface area contributed by atoms with Crippen LogP contribution in [-0.2, 0) is 18.4 Å². The van der Waals surface area contributed by atoms with Crippen LogP contribution in [0.25, 0.3) is 0 Å². The molecular formula is C9H19ClNO4P. The van der Waals surface area contributed by atoms with Crippen molar-refractivity contribution in [3.63, 3.8) is 0 Å². The van der Waals surface area contributed by atoms with E-state index in [4.69, 9.17) is 26.4 Å². The summed E-state index contributed by atoms with van der Waals surface area (Å²) >= 11 is 5.36. The fraction of sp³-hybridized carbons (Fsp3) is 0.889. The van der Waals surface area contributed by atoms with Crippen molar-refractivity contribution in [3.05, 3.63) is 0 Å². The molecule has 1 atom stereocenters. The number of hydrogen-bond acceptors (Lipinski definition) is 5. The second kappa shape index (κ2) is 6.72. The summed E-state index contributed by atoms with van der Waals surface area (Å²) in [5.74, 6) is -2.19. The summed E-state index contributed by atoms with van der Waals surface area (Å²) in [5, 5.41) is 0. The largest absolute Gasteiger partial charge is 0.355 e. The number of rotatable bonds is 7. The van der Waals surface area contributed by atoms with Gasteiger partial charge in [-0.3, -0.25) is 9.36 Å². The van der Waals surface area contributed by atoms with Crippen LogP contribution in [0.1, 0.15) is 27.7 Å². The van der Waals surface area contributed by atoms with E-state index in [1.54, 1.807) is 27.7 Å². The minimum absolute atomic E-state index is 0.311. The Balaban J connectivity index is 4.91. The first-order chi connectivity index (χ1) is 7.23. The van der Waals surface area contributed by atoms with E-state index < -0.39 is 19.2 Å². The summed E-state index contributed by atoms with van der Waals surface area (Å²) in [6.45, 7) is 6.75. The number of ketones is 1. The third-order valence-corrected chi connectivity index (χ3v) is 4.18. The maximum absolute atomic E-state index is 12.3. The molecule has 0 amide bonds. The van der Waals surface area contributed by atoms with Gasteiger partial charge in [0.1, 0.15) is 0 Å². The van der Waals surface area contributed by atoms with Crippen LogP contribution < -0.4 is 5.73 Å². The van der Waals surface area contributed by atoms with E-state index in [-0.39, 0.29) is 18.1 Å². The van der Waals surface area contributed by atoms with Crippen LogP contribution in [0.15, 0.2) is 0 Å². The summed E-state index contributed by atoms with van der Waals surface area (Å²) in [6, 6.07) is 0. The number of hydrogen-bond donors (Lipinski definition) is 1. The number of carbonyl (C=O) groups excluding carboxylic acids is 1. The van der Waals surface area contributed by atoms with Gasteiger partial charge in [0.2, 0.25) is 0 Å². The number of alkyl halides is 1. The highest BCUT2D eigenvalue weighted by Gasteiger charge is 2.39. The average molecular weight is 272 g/mol. The van der Waals surface area contributed by atoms with Crippen LogP contribution in [-0.4, -0.2) is 29.7 Å². The van der Waals surface area contributed by atoms with Gasteiger partial charge in [0.25, 0.3) is 0 Å². The molecule has 2 N–H and O–H groups in total. The van der Waals surface area contributed by atoms with Gasteiger partial charge < -0.3 is 14.8 Å². The van der Waals surface area contributed by atoms with Gasteiger partial charge >= 0.3 is 7.60 Å². The molecule has 0 aromatic heterocycles. The molecule has 0 saturated carbocycles. The molecule has 0 spiro atoms. The first-order valence-electron chi connectivity index (χ1n) is 5.03. The number of carbonyl (C=O) groups is 1. The van der Waals surface area contributed by atoms with Crippen molar-refractivity contribution in [2.75, 3.05) is 5.88 Å². The Morgan fingerprint density at radius 1 is 1.25 bits per heavy atom. The normalized spacial score (nSPS) is 14.5. The highest BCUT2D eigenvalue weighted by atomic mass is 35.5. The Hall–Kier alpha value is 0.0700. The summed E-state index contributed by atoms with van der Waals surface area (Å²) < 4.78 is 22.6. The number of halogens is 1. The molecule has 0 radical (unpaired) electrons. The standard InChI is InChI=1S/C9H19ClNO4P/c1-6(2)14-16(13,15-7(3)4)9(11)8(12)5-10/h6-7,9H,5,11H2,1-4H3. The molecule has 0 saturated heterocycles. The van der Waals surface area contributed by atoms with E-state index in [2.05, 4.69) is 0 Å². The molecule has 0 fully saturated rings. The van der Waals surface area contributed by atoms with Crippen molar-refractivity contribution >= 4 is 25.0 Å². The highest BCUT2D eigenvalue weighted by Crippen LogP contribution is 2.53. The number of nitrogens with two attached hydrogens (primary N) is 1. The third-order valence-electron chi connectivity index (χ3n) is 1.52. The fourth-order valence-corrected chi connectivity index (χ4v) is 3.20. The van der Waals surface area contributed by atoms with Gasteiger partial charge in [-0.25, -0.2) is 0 Å². The first kappa shape index (κ1) is 16.1. The second-order valence-electron chi connectivity index (χ2n) is 3.89. The lowest BCUT2D eigenvalue weighted by molar-refractivity contribution is -0.116. The topological polar surface area (TPSA) is 78.6 Å². The summed E-state index contributed by atoms with van der Waals surface area (Å²) in [4.78, 5) is 11.3. The quantitative estimate of drug-likeness (QED) is 0.567. The van der Waals surface area contributed by atoms with Gasteiger partial charge in [-0.1, -0.05) is 0 Å². The molecule has 7 heteroatoms. The zero-order valence-electron chi connectivity index (χ0n) is 9.97. The lowest BCUT2D eigenvalue weighted by Gasteiger charge is -2.26. The molecule has 0 aliphatic carbocycles. The van der Waals surface area contributed by atoms with Crippen LogP contribution in [0.5, 0.6) is 0 Å². The van der Waals surface area contributed by atoms with Gasteiger partial charge in [0.15, 0.2) is 11.6 Å².